The largest absolute Gasteiger partial charge is 0.284 e. The molecule has 0 aliphatic heterocycles. The fourth-order valence-electron chi connectivity index (χ4n) is 6.95. The number of hydrogen-bond acceptors (Lipinski definition) is 4. The van der Waals surface area contributed by atoms with Crippen LogP contribution < -0.4 is 0 Å². The van der Waals surface area contributed by atoms with Crippen LogP contribution in [0.4, 0.5) is 0 Å². The third kappa shape index (κ3) is 4.55. The Morgan fingerprint density at radius 1 is 0.388 bits per heavy atom. The number of aromatic nitrogens is 5. The molecule has 5 heteroatoms. The smallest absolute Gasteiger partial charge is 0.165 e. The van der Waals surface area contributed by atoms with Gasteiger partial charge in [0.25, 0.3) is 0 Å². The van der Waals surface area contributed by atoms with Gasteiger partial charge in [0.2, 0.25) is 0 Å². The van der Waals surface area contributed by atoms with Gasteiger partial charge in [0.15, 0.2) is 11.5 Å². The molecule has 0 aliphatic rings. The molecule has 0 bridgehead atoms. The number of pyridine rings is 2. The van der Waals surface area contributed by atoms with Crippen molar-refractivity contribution in [1.29, 1.82) is 0 Å². The van der Waals surface area contributed by atoms with Crippen molar-refractivity contribution in [2.45, 2.75) is 0 Å². The molecule has 0 atom stereocenters. The molecule has 0 spiro atoms. The summed E-state index contributed by atoms with van der Waals surface area (Å²) >= 11 is 0. The van der Waals surface area contributed by atoms with Crippen molar-refractivity contribution >= 4 is 49.3 Å². The average Bonchev–Trinajstić information content (AvgIpc) is 3.56. The van der Waals surface area contributed by atoms with Gasteiger partial charge in [-0.25, -0.2) is 19.9 Å². The van der Waals surface area contributed by atoms with Crippen LogP contribution in [0, 0.1) is 0 Å². The van der Waals surface area contributed by atoms with Crippen LogP contribution >= 0.6 is 0 Å². The highest BCUT2D eigenvalue weighted by atomic mass is 15.1. The number of hydrogen-bond donors (Lipinski definition) is 0. The summed E-state index contributed by atoms with van der Waals surface area (Å²) < 4.78 is 2.06. The van der Waals surface area contributed by atoms with E-state index >= 15 is 0 Å². The Morgan fingerprint density at radius 3 is 1.82 bits per heavy atom. The maximum atomic E-state index is 5.16. The summed E-state index contributed by atoms with van der Waals surface area (Å²) in [6.07, 6.45) is 2.02. The highest BCUT2D eigenvalue weighted by Gasteiger charge is 2.16. The molecule has 0 saturated heterocycles. The summed E-state index contributed by atoms with van der Waals surface area (Å²) in [4.78, 5) is 20.2. The van der Waals surface area contributed by atoms with Crippen LogP contribution in [0.5, 0.6) is 0 Å². The van der Waals surface area contributed by atoms with Gasteiger partial charge >= 0.3 is 0 Å². The monoisotopic (exact) mass is 625 g/mol. The number of imidazole rings is 1. The molecular weight excluding hydrogens is 599 g/mol. The fourth-order valence-corrected chi connectivity index (χ4v) is 6.95. The maximum absolute atomic E-state index is 5.16. The third-order valence-electron chi connectivity index (χ3n) is 9.42. The number of fused-ring (bicyclic) bond motifs is 7. The van der Waals surface area contributed by atoms with Gasteiger partial charge in [-0.3, -0.25) is 4.40 Å². The minimum Gasteiger partial charge on any atom is -0.284 e. The quantitative estimate of drug-likeness (QED) is 0.195. The van der Waals surface area contributed by atoms with E-state index in [2.05, 4.69) is 132 Å². The van der Waals surface area contributed by atoms with Gasteiger partial charge in [0.05, 0.1) is 16.9 Å². The van der Waals surface area contributed by atoms with Gasteiger partial charge in [0.1, 0.15) is 11.2 Å². The minimum atomic E-state index is 0.712. The van der Waals surface area contributed by atoms with Gasteiger partial charge in [-0.1, -0.05) is 133 Å². The van der Waals surface area contributed by atoms with Crippen molar-refractivity contribution in [2.75, 3.05) is 0 Å². The highest BCUT2D eigenvalue weighted by molar-refractivity contribution is 6.09. The first-order chi connectivity index (χ1) is 24.3. The zero-order valence-electron chi connectivity index (χ0n) is 26.3. The molecule has 10 aromatic rings. The van der Waals surface area contributed by atoms with Crippen molar-refractivity contribution in [3.05, 3.63) is 164 Å². The van der Waals surface area contributed by atoms with Crippen LogP contribution in [0.25, 0.3) is 94.3 Å². The molecule has 0 N–H and O–H groups in total. The zero-order valence-corrected chi connectivity index (χ0v) is 26.3. The highest BCUT2D eigenvalue weighted by Crippen LogP contribution is 2.35. The molecule has 0 fully saturated rings. The molecule has 0 radical (unpaired) electrons. The molecule has 5 nitrogen and oxygen atoms in total. The number of nitrogens with zero attached hydrogens (tertiary/aromatic N) is 5. The second kappa shape index (κ2) is 10.9. The zero-order chi connectivity index (χ0) is 32.3. The van der Waals surface area contributed by atoms with Crippen LogP contribution in [-0.2, 0) is 0 Å². The normalized spacial score (nSPS) is 11.7. The number of benzene rings is 6. The molecular formula is C44H27N5. The SMILES string of the molecule is c1ccc2cc(-c3nc(-c4ccc(-c5ccc(-c6nc7c(nc8ccccn87)c7ccccc67)cc5)cc4)nc4ccccc34)ccc2c1. The van der Waals surface area contributed by atoms with Crippen molar-refractivity contribution in [2.24, 2.45) is 0 Å². The van der Waals surface area contributed by atoms with E-state index in [1.54, 1.807) is 0 Å². The molecule has 228 valence electrons. The second-order valence-corrected chi connectivity index (χ2v) is 12.3. The van der Waals surface area contributed by atoms with Gasteiger partial charge in [-0.2, -0.15) is 0 Å². The first kappa shape index (κ1) is 27.4. The summed E-state index contributed by atoms with van der Waals surface area (Å²) in [5.74, 6) is 0.712. The van der Waals surface area contributed by atoms with Crippen LogP contribution in [0.2, 0.25) is 0 Å². The van der Waals surface area contributed by atoms with Crippen LogP contribution in [-0.4, -0.2) is 24.3 Å². The van der Waals surface area contributed by atoms with Crippen LogP contribution in [0.1, 0.15) is 0 Å². The summed E-state index contributed by atoms with van der Waals surface area (Å²) in [7, 11) is 0. The van der Waals surface area contributed by atoms with E-state index in [0.717, 1.165) is 77.7 Å². The van der Waals surface area contributed by atoms with Crippen molar-refractivity contribution in [3.63, 3.8) is 0 Å². The Hall–Kier alpha value is -6.72. The molecule has 0 amide bonds. The van der Waals surface area contributed by atoms with E-state index < -0.39 is 0 Å². The van der Waals surface area contributed by atoms with E-state index in [1.807, 2.05) is 36.5 Å². The van der Waals surface area contributed by atoms with Gasteiger partial charge in [-0.15, -0.1) is 0 Å². The van der Waals surface area contributed by atoms with Crippen molar-refractivity contribution in [1.82, 2.24) is 24.3 Å². The standard InChI is InChI=1S/C44H27N5/c1-2-10-33-27-34(25-20-28(33)9-1)41-37-13-5-6-14-38(37)45-43(47-41)32-23-18-30(19-24-32)29-16-21-31(22-17-29)40-35-11-3-4-12-36(35)42-44(48-40)49-26-8-7-15-39(49)46-42/h1-27H. The van der Waals surface area contributed by atoms with E-state index in [4.69, 9.17) is 19.9 Å². The Morgan fingerprint density at radius 2 is 1.00 bits per heavy atom. The first-order valence-corrected chi connectivity index (χ1v) is 16.4. The summed E-state index contributed by atoms with van der Waals surface area (Å²) in [5.41, 5.74) is 10.9. The summed E-state index contributed by atoms with van der Waals surface area (Å²) in [6, 6.07) is 54.8. The third-order valence-corrected chi connectivity index (χ3v) is 9.42. The molecule has 0 saturated carbocycles. The Kier molecular flexibility index (Phi) is 6.11. The van der Waals surface area contributed by atoms with E-state index in [9.17, 15) is 0 Å². The van der Waals surface area contributed by atoms with Gasteiger partial charge in [-0.05, 0) is 46.2 Å². The minimum absolute atomic E-state index is 0.712. The molecule has 0 aliphatic carbocycles. The topological polar surface area (TPSA) is 56.0 Å². The first-order valence-electron chi connectivity index (χ1n) is 16.4. The predicted octanol–water partition coefficient (Wildman–Crippen LogP) is 10.8. The molecule has 4 heterocycles. The Balaban J connectivity index is 1.01. The molecule has 49 heavy (non-hydrogen) atoms. The van der Waals surface area contributed by atoms with Gasteiger partial charge < -0.3 is 0 Å². The van der Waals surface area contributed by atoms with E-state index in [0.29, 0.717) is 5.82 Å². The average molecular weight is 626 g/mol. The Bertz CT molecular complexity index is 2870. The molecule has 4 aromatic heterocycles. The Labute approximate surface area is 281 Å². The molecule has 6 aromatic carbocycles. The molecule has 10 rings (SSSR count). The summed E-state index contributed by atoms with van der Waals surface area (Å²) in [6.45, 7) is 0. The lowest BCUT2D eigenvalue weighted by Crippen LogP contribution is -1.95. The lowest BCUT2D eigenvalue weighted by atomic mass is 9.99. The maximum Gasteiger partial charge on any atom is 0.165 e. The van der Waals surface area contributed by atoms with Gasteiger partial charge in [0, 0.05) is 39.0 Å². The van der Waals surface area contributed by atoms with Crippen LogP contribution in [0.15, 0.2) is 164 Å². The van der Waals surface area contributed by atoms with Crippen molar-refractivity contribution in [3.8, 4) is 45.0 Å². The van der Waals surface area contributed by atoms with Crippen LogP contribution in [0.3, 0.4) is 0 Å². The van der Waals surface area contributed by atoms with E-state index in [1.165, 1.54) is 10.8 Å². The lowest BCUT2D eigenvalue weighted by molar-refractivity contribution is 1.19. The second-order valence-electron chi connectivity index (χ2n) is 12.3. The molecule has 0 unspecified atom stereocenters. The predicted molar refractivity (Wildman–Crippen MR) is 200 cm³/mol. The lowest BCUT2D eigenvalue weighted by Gasteiger charge is -2.11. The van der Waals surface area contributed by atoms with E-state index in [-0.39, 0.29) is 0 Å². The summed E-state index contributed by atoms with van der Waals surface area (Å²) in [5, 5.41) is 5.64. The fraction of sp³-hybridized carbons (Fsp3) is 0. The van der Waals surface area contributed by atoms with Crippen molar-refractivity contribution < 1.29 is 0 Å². The number of rotatable bonds is 4. The number of para-hydroxylation sites is 1.